The molecule has 0 unspecified atom stereocenters. The van der Waals surface area contributed by atoms with Crippen molar-refractivity contribution in [2.24, 2.45) is 5.10 Å². The van der Waals surface area contributed by atoms with Gasteiger partial charge >= 0.3 is 0 Å². The first-order valence-electron chi connectivity index (χ1n) is 22.7. The first-order chi connectivity index (χ1) is 30.3. The molecule has 0 saturated carbocycles. The zero-order chi connectivity index (χ0) is 45.6. The molecule has 2 heterocycles. The number of hydrazone groups is 1. The Morgan fingerprint density at radius 2 is 0.815 bits per heavy atom. The average Bonchev–Trinajstić information content (AvgIpc) is 3.88. The average molecular weight is 1040 g/mol. The SMILES string of the molecule is CC(C)(C)c1cc(-c2cccc(-c3ccccc3)c2N2[CH-]N(c3cc(C(C)(C)C)cc(C(C)(C)C)c3)C(c3ccccc3)=N2)cc(C(C)(C)C)c1.[Au].c1ccc2c(c1)[n-]c1ccccc12. The maximum atomic E-state index is 5.51. The maximum absolute atomic E-state index is 5.51. The van der Waals surface area contributed by atoms with Gasteiger partial charge in [-0.15, -0.1) is 17.7 Å². The van der Waals surface area contributed by atoms with Gasteiger partial charge in [0.25, 0.3) is 0 Å². The number of anilines is 2. The van der Waals surface area contributed by atoms with Crippen molar-refractivity contribution >= 4 is 39.0 Å². The summed E-state index contributed by atoms with van der Waals surface area (Å²) in [6.07, 6.45) is 0. The van der Waals surface area contributed by atoms with Crippen LogP contribution in [0.25, 0.3) is 44.1 Å². The molecule has 0 amide bonds. The van der Waals surface area contributed by atoms with Crippen LogP contribution in [-0.2, 0) is 44.0 Å². The monoisotopic (exact) mass is 1040 g/mol. The fourth-order valence-corrected chi connectivity index (χ4v) is 8.29. The van der Waals surface area contributed by atoms with Crippen LogP contribution < -0.4 is 14.9 Å². The standard InChI is InChI=1S/C48H56N3.C12H8N.Au/c1-45(2,3)36-26-35(27-37(28-36)46(4,5)6)42-25-19-24-41(33-20-15-13-16-21-33)43(42)51-32-50(44(49-51)34-22-17-14-18-23-34)40-30-38(47(7,8)9)29-39(31-40)48(10,11)12;1-3-7-11-9(5-1)10-6-2-4-8-12(10)13-11;/h13-32H,1-12H3;1-8H;/q2*-1;. The van der Waals surface area contributed by atoms with Gasteiger partial charge in [0.2, 0.25) is 0 Å². The largest absolute Gasteiger partial charge is 0.657 e. The molecule has 337 valence electrons. The first kappa shape index (κ1) is 47.3. The van der Waals surface area contributed by atoms with Crippen LogP contribution in [0.3, 0.4) is 0 Å². The van der Waals surface area contributed by atoms with E-state index >= 15 is 0 Å². The second-order valence-corrected chi connectivity index (χ2v) is 21.4. The number of hydrogen-bond donors (Lipinski definition) is 0. The summed E-state index contributed by atoms with van der Waals surface area (Å²) in [5, 5.41) is 10.1. The third-order valence-electron chi connectivity index (χ3n) is 12.3. The Balaban J connectivity index is 0.000000381. The molecule has 0 fully saturated rings. The van der Waals surface area contributed by atoms with Crippen molar-refractivity contribution in [2.45, 2.75) is 105 Å². The Labute approximate surface area is 404 Å². The molecule has 1 aliphatic heterocycles. The van der Waals surface area contributed by atoms with Crippen molar-refractivity contribution in [1.82, 2.24) is 4.98 Å². The zero-order valence-corrected chi connectivity index (χ0v) is 42.4. The molecule has 0 aliphatic carbocycles. The molecule has 0 N–H and O–H groups in total. The molecule has 0 atom stereocenters. The fourth-order valence-electron chi connectivity index (χ4n) is 8.29. The molecule has 9 rings (SSSR count). The summed E-state index contributed by atoms with van der Waals surface area (Å²) < 4.78 is 0. The third kappa shape index (κ3) is 10.3. The molecule has 1 radical (unpaired) electrons. The molecule has 0 bridgehead atoms. The van der Waals surface area contributed by atoms with Crippen LogP contribution in [0.15, 0.2) is 169 Å². The summed E-state index contributed by atoms with van der Waals surface area (Å²) >= 11 is 0. The van der Waals surface area contributed by atoms with Gasteiger partial charge in [-0.05, 0) is 77.9 Å². The van der Waals surface area contributed by atoms with E-state index < -0.39 is 0 Å². The van der Waals surface area contributed by atoms with Gasteiger partial charge in [0.15, 0.2) is 0 Å². The number of amidine groups is 1. The molecule has 0 spiro atoms. The molecule has 1 aromatic heterocycles. The molecular weight excluding hydrogens is 974 g/mol. The minimum absolute atomic E-state index is 0. The van der Waals surface area contributed by atoms with Crippen molar-refractivity contribution in [3.8, 4) is 22.3 Å². The summed E-state index contributed by atoms with van der Waals surface area (Å²) in [6, 6.07) is 58.7. The quantitative estimate of drug-likeness (QED) is 0.127. The Morgan fingerprint density at radius 1 is 0.415 bits per heavy atom. The van der Waals surface area contributed by atoms with E-state index in [2.05, 4.69) is 256 Å². The molecule has 5 heteroatoms. The van der Waals surface area contributed by atoms with E-state index in [1.165, 1.54) is 38.6 Å². The van der Waals surface area contributed by atoms with E-state index in [1.807, 2.05) is 12.1 Å². The fraction of sp³-hybridized carbons (Fsp3) is 0.267. The van der Waals surface area contributed by atoms with Gasteiger partial charge in [-0.3, -0.25) is 0 Å². The van der Waals surface area contributed by atoms with Crippen molar-refractivity contribution in [2.75, 3.05) is 9.91 Å². The van der Waals surface area contributed by atoms with Gasteiger partial charge in [0.1, 0.15) is 5.84 Å². The second-order valence-electron chi connectivity index (χ2n) is 21.4. The Hall–Kier alpha value is -5.65. The normalized spacial score (nSPS) is 13.4. The van der Waals surface area contributed by atoms with Crippen molar-refractivity contribution in [3.05, 3.63) is 198 Å². The molecule has 7 aromatic carbocycles. The van der Waals surface area contributed by atoms with Gasteiger partial charge in [-0.2, -0.15) is 5.10 Å². The summed E-state index contributed by atoms with van der Waals surface area (Å²) in [6.45, 7) is 29.8. The van der Waals surface area contributed by atoms with Gasteiger partial charge < -0.3 is 14.9 Å². The molecule has 65 heavy (non-hydrogen) atoms. The summed E-state index contributed by atoms with van der Waals surface area (Å²) in [7, 11) is 0. The van der Waals surface area contributed by atoms with Gasteiger partial charge in [0.05, 0.1) is 0 Å². The van der Waals surface area contributed by atoms with Crippen LogP contribution in [0.1, 0.15) is 111 Å². The number of rotatable bonds is 5. The molecule has 0 saturated heterocycles. The maximum Gasteiger partial charge on any atom is 0.129 e. The van der Waals surface area contributed by atoms with Crippen LogP contribution in [-0.4, -0.2) is 5.84 Å². The molecule has 1 aliphatic rings. The number of para-hydroxylation sites is 3. The van der Waals surface area contributed by atoms with Crippen LogP contribution >= 0.6 is 0 Å². The van der Waals surface area contributed by atoms with Gasteiger partial charge in [-0.25, -0.2) is 0 Å². The number of aromatic nitrogens is 1. The minimum atomic E-state index is -0.0185. The van der Waals surface area contributed by atoms with Gasteiger partial charge in [-0.1, -0.05) is 235 Å². The summed E-state index contributed by atoms with van der Waals surface area (Å²) in [4.78, 5) is 6.80. The summed E-state index contributed by atoms with van der Waals surface area (Å²) in [5.74, 6) is 0.897. The number of nitrogens with zero attached hydrogens (tertiary/aromatic N) is 4. The van der Waals surface area contributed by atoms with Crippen molar-refractivity contribution in [1.29, 1.82) is 0 Å². The summed E-state index contributed by atoms with van der Waals surface area (Å²) in [5.41, 5.74) is 15.3. The minimum Gasteiger partial charge on any atom is -0.657 e. The van der Waals surface area contributed by atoms with Gasteiger partial charge in [0, 0.05) is 50.4 Å². The predicted octanol–water partition coefficient (Wildman–Crippen LogP) is 16.0. The Morgan fingerprint density at radius 3 is 1.28 bits per heavy atom. The predicted molar refractivity (Wildman–Crippen MR) is 276 cm³/mol. The van der Waals surface area contributed by atoms with Crippen LogP contribution in [0.2, 0.25) is 0 Å². The Bertz CT molecular complexity index is 2840. The van der Waals surface area contributed by atoms with E-state index in [-0.39, 0.29) is 44.0 Å². The molecule has 4 nitrogen and oxygen atoms in total. The smallest absolute Gasteiger partial charge is 0.129 e. The van der Waals surface area contributed by atoms with Crippen LogP contribution in [0.5, 0.6) is 0 Å². The van der Waals surface area contributed by atoms with Crippen LogP contribution in [0.4, 0.5) is 11.4 Å². The number of benzene rings is 7. The molecule has 8 aromatic rings. The van der Waals surface area contributed by atoms with Crippen molar-refractivity contribution < 1.29 is 22.4 Å². The number of hydrogen-bond acceptors (Lipinski definition) is 3. The van der Waals surface area contributed by atoms with E-state index in [9.17, 15) is 0 Å². The third-order valence-corrected chi connectivity index (χ3v) is 12.3. The van der Waals surface area contributed by atoms with Crippen molar-refractivity contribution in [3.63, 3.8) is 0 Å². The van der Waals surface area contributed by atoms with E-state index in [0.29, 0.717) is 0 Å². The zero-order valence-electron chi connectivity index (χ0n) is 40.3. The van der Waals surface area contributed by atoms with E-state index in [0.717, 1.165) is 50.5 Å². The van der Waals surface area contributed by atoms with E-state index in [1.54, 1.807) is 0 Å². The molecular formula is C60H64AuN4-2. The Kier molecular flexibility index (Phi) is 13.3. The van der Waals surface area contributed by atoms with Crippen LogP contribution in [0, 0.1) is 6.67 Å². The van der Waals surface area contributed by atoms with E-state index in [4.69, 9.17) is 5.10 Å². The number of fused-ring (bicyclic) bond motifs is 3. The second kappa shape index (κ2) is 18.3. The first-order valence-corrected chi connectivity index (χ1v) is 22.7. The topological polar surface area (TPSA) is 32.9 Å².